The SMILES string of the molecule is CC(C)C(N)CNC(=O)CN1CCCC1=O. The van der Waals surface area contributed by atoms with Crippen molar-refractivity contribution in [2.24, 2.45) is 11.7 Å². The van der Waals surface area contributed by atoms with Crippen molar-refractivity contribution in [3.8, 4) is 0 Å². The van der Waals surface area contributed by atoms with Crippen LogP contribution < -0.4 is 11.1 Å². The number of amides is 2. The van der Waals surface area contributed by atoms with Crippen LogP contribution in [0.15, 0.2) is 0 Å². The second-order valence-corrected chi connectivity index (χ2v) is 4.63. The fourth-order valence-corrected chi connectivity index (χ4v) is 1.57. The van der Waals surface area contributed by atoms with E-state index in [-0.39, 0.29) is 24.4 Å². The first-order chi connectivity index (χ1) is 7.50. The van der Waals surface area contributed by atoms with E-state index in [1.807, 2.05) is 13.8 Å². The molecule has 0 bridgehead atoms. The van der Waals surface area contributed by atoms with Crippen molar-refractivity contribution in [1.82, 2.24) is 10.2 Å². The van der Waals surface area contributed by atoms with Gasteiger partial charge >= 0.3 is 0 Å². The van der Waals surface area contributed by atoms with Crippen molar-refractivity contribution in [3.05, 3.63) is 0 Å². The van der Waals surface area contributed by atoms with Gasteiger partial charge in [0.25, 0.3) is 0 Å². The van der Waals surface area contributed by atoms with Gasteiger partial charge in [-0.3, -0.25) is 9.59 Å². The third-order valence-electron chi connectivity index (χ3n) is 2.90. The summed E-state index contributed by atoms with van der Waals surface area (Å²) >= 11 is 0. The van der Waals surface area contributed by atoms with E-state index in [9.17, 15) is 9.59 Å². The Labute approximate surface area is 96.4 Å². The van der Waals surface area contributed by atoms with Gasteiger partial charge in [-0.15, -0.1) is 0 Å². The lowest BCUT2D eigenvalue weighted by Gasteiger charge is -2.18. The normalized spacial score (nSPS) is 18.0. The Bertz CT molecular complexity index is 266. The fourth-order valence-electron chi connectivity index (χ4n) is 1.57. The molecule has 0 aromatic heterocycles. The second kappa shape index (κ2) is 5.84. The van der Waals surface area contributed by atoms with Crippen molar-refractivity contribution in [1.29, 1.82) is 0 Å². The molecule has 0 spiro atoms. The van der Waals surface area contributed by atoms with Gasteiger partial charge in [0.15, 0.2) is 0 Å². The minimum atomic E-state index is -0.119. The zero-order chi connectivity index (χ0) is 12.1. The maximum absolute atomic E-state index is 11.5. The van der Waals surface area contributed by atoms with Gasteiger partial charge < -0.3 is 16.0 Å². The Morgan fingerprint density at radius 3 is 2.75 bits per heavy atom. The fraction of sp³-hybridized carbons (Fsp3) is 0.818. The molecule has 0 aromatic rings. The van der Waals surface area contributed by atoms with Gasteiger partial charge in [-0.05, 0) is 12.3 Å². The molecule has 0 saturated carbocycles. The molecule has 1 saturated heterocycles. The molecular formula is C11H21N3O2. The van der Waals surface area contributed by atoms with Crippen LogP contribution in [0.4, 0.5) is 0 Å². The van der Waals surface area contributed by atoms with E-state index < -0.39 is 0 Å². The number of likely N-dealkylation sites (tertiary alicyclic amines) is 1. The highest BCUT2D eigenvalue weighted by molar-refractivity contribution is 5.85. The summed E-state index contributed by atoms with van der Waals surface area (Å²) in [5, 5.41) is 2.75. The smallest absolute Gasteiger partial charge is 0.239 e. The van der Waals surface area contributed by atoms with Crippen LogP contribution in [0.1, 0.15) is 26.7 Å². The molecule has 5 nitrogen and oxygen atoms in total. The van der Waals surface area contributed by atoms with Crippen LogP contribution in [0.3, 0.4) is 0 Å². The molecule has 92 valence electrons. The van der Waals surface area contributed by atoms with E-state index in [0.717, 1.165) is 6.42 Å². The lowest BCUT2D eigenvalue weighted by Crippen LogP contribution is -2.44. The van der Waals surface area contributed by atoms with Crippen molar-refractivity contribution < 1.29 is 9.59 Å². The van der Waals surface area contributed by atoms with Gasteiger partial charge in [-0.1, -0.05) is 13.8 Å². The van der Waals surface area contributed by atoms with E-state index in [1.54, 1.807) is 4.90 Å². The molecular weight excluding hydrogens is 206 g/mol. The van der Waals surface area contributed by atoms with Crippen LogP contribution in [-0.2, 0) is 9.59 Å². The zero-order valence-electron chi connectivity index (χ0n) is 10.0. The summed E-state index contributed by atoms with van der Waals surface area (Å²) in [5.41, 5.74) is 5.80. The molecule has 1 fully saturated rings. The molecule has 1 rings (SSSR count). The van der Waals surface area contributed by atoms with Gasteiger partial charge in [0.1, 0.15) is 0 Å². The second-order valence-electron chi connectivity index (χ2n) is 4.63. The molecule has 1 aliphatic rings. The summed E-state index contributed by atoms with van der Waals surface area (Å²) in [4.78, 5) is 24.4. The monoisotopic (exact) mass is 227 g/mol. The van der Waals surface area contributed by atoms with E-state index in [4.69, 9.17) is 5.73 Å². The largest absolute Gasteiger partial charge is 0.353 e. The molecule has 1 aliphatic heterocycles. The Kier molecular flexibility index (Phi) is 4.73. The first kappa shape index (κ1) is 13.0. The highest BCUT2D eigenvalue weighted by Crippen LogP contribution is 2.08. The highest BCUT2D eigenvalue weighted by atomic mass is 16.2. The Balaban J connectivity index is 2.23. The summed E-state index contributed by atoms with van der Waals surface area (Å²) in [7, 11) is 0. The lowest BCUT2D eigenvalue weighted by molar-refractivity contribution is -0.133. The summed E-state index contributed by atoms with van der Waals surface area (Å²) in [6.45, 7) is 5.37. The van der Waals surface area contributed by atoms with E-state index >= 15 is 0 Å². The predicted octanol–water partition coefficient (Wildman–Crippen LogP) is -0.292. The summed E-state index contributed by atoms with van der Waals surface area (Å²) in [6.07, 6.45) is 1.43. The summed E-state index contributed by atoms with van der Waals surface area (Å²) in [5.74, 6) is 0.295. The number of carbonyl (C=O) groups excluding carboxylic acids is 2. The third kappa shape index (κ3) is 3.81. The van der Waals surface area contributed by atoms with Gasteiger partial charge in [0, 0.05) is 25.6 Å². The summed E-state index contributed by atoms with van der Waals surface area (Å²) < 4.78 is 0. The number of nitrogens with two attached hydrogens (primary N) is 1. The minimum Gasteiger partial charge on any atom is -0.353 e. The molecule has 0 aromatic carbocycles. The molecule has 0 radical (unpaired) electrons. The van der Waals surface area contributed by atoms with Crippen molar-refractivity contribution in [3.63, 3.8) is 0 Å². The topological polar surface area (TPSA) is 75.4 Å². The molecule has 5 heteroatoms. The van der Waals surface area contributed by atoms with Crippen LogP contribution in [-0.4, -0.2) is 42.4 Å². The average Bonchev–Trinajstić information content (AvgIpc) is 2.60. The maximum atomic E-state index is 11.5. The quantitative estimate of drug-likeness (QED) is 0.677. The average molecular weight is 227 g/mol. The summed E-state index contributed by atoms with van der Waals surface area (Å²) in [6, 6.07) is -0.0294. The minimum absolute atomic E-state index is 0.0294. The van der Waals surface area contributed by atoms with Gasteiger partial charge in [0.05, 0.1) is 6.54 Å². The number of carbonyl (C=O) groups is 2. The van der Waals surface area contributed by atoms with Gasteiger partial charge in [-0.25, -0.2) is 0 Å². The van der Waals surface area contributed by atoms with Crippen molar-refractivity contribution >= 4 is 11.8 Å². The first-order valence-electron chi connectivity index (χ1n) is 5.80. The van der Waals surface area contributed by atoms with E-state index in [2.05, 4.69) is 5.32 Å². The van der Waals surface area contributed by atoms with Gasteiger partial charge in [-0.2, -0.15) is 0 Å². The van der Waals surface area contributed by atoms with Crippen LogP contribution in [0.25, 0.3) is 0 Å². The molecule has 1 unspecified atom stereocenters. The highest BCUT2D eigenvalue weighted by Gasteiger charge is 2.22. The molecule has 1 heterocycles. The Hall–Kier alpha value is -1.10. The van der Waals surface area contributed by atoms with Crippen LogP contribution in [0.2, 0.25) is 0 Å². The number of hydrogen-bond acceptors (Lipinski definition) is 3. The Morgan fingerprint density at radius 1 is 1.56 bits per heavy atom. The van der Waals surface area contributed by atoms with Crippen LogP contribution >= 0.6 is 0 Å². The number of nitrogens with one attached hydrogen (secondary N) is 1. The molecule has 2 amide bonds. The maximum Gasteiger partial charge on any atom is 0.239 e. The van der Waals surface area contributed by atoms with Crippen molar-refractivity contribution in [2.75, 3.05) is 19.6 Å². The number of hydrogen-bond donors (Lipinski definition) is 2. The van der Waals surface area contributed by atoms with Crippen molar-refractivity contribution in [2.45, 2.75) is 32.7 Å². The van der Waals surface area contributed by atoms with Gasteiger partial charge in [0.2, 0.25) is 11.8 Å². The first-order valence-corrected chi connectivity index (χ1v) is 5.80. The van der Waals surface area contributed by atoms with Crippen LogP contribution in [0, 0.1) is 5.92 Å². The van der Waals surface area contributed by atoms with Crippen LogP contribution in [0.5, 0.6) is 0 Å². The number of nitrogens with zero attached hydrogens (tertiary/aromatic N) is 1. The number of rotatable bonds is 5. The standard InChI is InChI=1S/C11H21N3O2/c1-8(2)9(12)6-13-10(15)7-14-5-3-4-11(14)16/h8-9H,3-7,12H2,1-2H3,(H,13,15). The zero-order valence-corrected chi connectivity index (χ0v) is 10.0. The molecule has 0 aliphatic carbocycles. The molecule has 16 heavy (non-hydrogen) atoms. The molecule has 3 N–H and O–H groups in total. The van der Waals surface area contributed by atoms with E-state index in [1.165, 1.54) is 0 Å². The lowest BCUT2D eigenvalue weighted by atomic mass is 10.1. The Morgan fingerprint density at radius 2 is 2.25 bits per heavy atom. The molecule has 1 atom stereocenters. The van der Waals surface area contributed by atoms with E-state index in [0.29, 0.717) is 25.4 Å². The third-order valence-corrected chi connectivity index (χ3v) is 2.90. The predicted molar refractivity (Wildman–Crippen MR) is 61.6 cm³/mol.